The monoisotopic (exact) mass is 401 g/mol. The number of carbonyl (C=O) groups is 1. The third kappa shape index (κ3) is 6.23. The van der Waals surface area contributed by atoms with Gasteiger partial charge in [-0.05, 0) is 37.5 Å². The number of hydrogen-bond acceptors (Lipinski definition) is 5. The number of thiazole rings is 1. The maximum absolute atomic E-state index is 13.1. The number of esters is 1. The van der Waals surface area contributed by atoms with Crippen LogP contribution >= 0.6 is 11.3 Å². The van der Waals surface area contributed by atoms with Crippen molar-refractivity contribution in [2.45, 2.75) is 39.8 Å². The third-order valence-electron chi connectivity index (χ3n) is 3.72. The molecular weight excluding hydrogens is 379 g/mol. The second kappa shape index (κ2) is 9.21. The molecule has 0 aliphatic heterocycles. The molecule has 1 aromatic heterocycles. The smallest absolute Gasteiger partial charge is 0.416 e. The summed E-state index contributed by atoms with van der Waals surface area (Å²) in [6, 6.07) is 3.44. The average Bonchev–Trinajstić information content (AvgIpc) is 3.04. The molecule has 0 saturated carbocycles. The van der Waals surface area contributed by atoms with Crippen molar-refractivity contribution < 1.29 is 27.4 Å². The van der Waals surface area contributed by atoms with Gasteiger partial charge in [-0.15, -0.1) is 11.3 Å². The van der Waals surface area contributed by atoms with Gasteiger partial charge in [0, 0.05) is 17.4 Å². The Labute approximate surface area is 160 Å². The zero-order valence-corrected chi connectivity index (χ0v) is 16.2. The first-order valence-corrected chi connectivity index (χ1v) is 9.53. The van der Waals surface area contributed by atoms with Gasteiger partial charge in [-0.2, -0.15) is 13.2 Å². The Hall–Kier alpha value is -2.09. The Balaban J connectivity index is 2.24. The van der Waals surface area contributed by atoms with Gasteiger partial charge in [-0.1, -0.05) is 13.8 Å². The number of benzene rings is 1. The lowest BCUT2D eigenvalue weighted by molar-refractivity contribution is -0.137. The number of ether oxygens (including phenoxy) is 2. The molecule has 0 aliphatic carbocycles. The fourth-order valence-corrected chi connectivity index (χ4v) is 3.08. The van der Waals surface area contributed by atoms with Crippen molar-refractivity contribution in [3.63, 3.8) is 0 Å². The molecule has 1 heterocycles. The van der Waals surface area contributed by atoms with Crippen LogP contribution in [0.4, 0.5) is 13.2 Å². The summed E-state index contributed by atoms with van der Waals surface area (Å²) in [4.78, 5) is 15.9. The van der Waals surface area contributed by atoms with Crippen molar-refractivity contribution in [2.75, 3.05) is 13.2 Å². The number of nitrogens with zero attached hydrogens (tertiary/aromatic N) is 1. The van der Waals surface area contributed by atoms with Gasteiger partial charge in [0.15, 0.2) is 5.69 Å². The van der Waals surface area contributed by atoms with Gasteiger partial charge in [0.1, 0.15) is 5.75 Å². The van der Waals surface area contributed by atoms with Crippen LogP contribution in [0.5, 0.6) is 5.75 Å². The lowest BCUT2D eigenvalue weighted by atomic mass is 10.1. The molecule has 2 rings (SSSR count). The van der Waals surface area contributed by atoms with E-state index in [2.05, 4.69) is 4.98 Å². The third-order valence-corrected chi connectivity index (χ3v) is 4.57. The molecule has 0 amide bonds. The zero-order chi connectivity index (χ0) is 20.0. The Morgan fingerprint density at radius 1 is 1.30 bits per heavy atom. The summed E-state index contributed by atoms with van der Waals surface area (Å²) in [6.07, 6.45) is -3.50. The summed E-state index contributed by atoms with van der Waals surface area (Å²) in [6.45, 7) is 6.43. The highest BCUT2D eigenvalue weighted by atomic mass is 32.1. The van der Waals surface area contributed by atoms with Gasteiger partial charge in [0.25, 0.3) is 0 Å². The van der Waals surface area contributed by atoms with Crippen LogP contribution in [0.2, 0.25) is 0 Å². The zero-order valence-electron chi connectivity index (χ0n) is 15.4. The minimum Gasteiger partial charge on any atom is -0.493 e. The summed E-state index contributed by atoms with van der Waals surface area (Å²) in [5.74, 6) is 0.281. The molecule has 0 N–H and O–H groups in total. The second-order valence-corrected chi connectivity index (χ2v) is 7.32. The van der Waals surface area contributed by atoms with E-state index in [1.54, 1.807) is 12.3 Å². The highest BCUT2D eigenvalue weighted by Crippen LogP contribution is 2.34. The summed E-state index contributed by atoms with van der Waals surface area (Å²) in [5.41, 5.74) is -0.194. The van der Waals surface area contributed by atoms with E-state index in [4.69, 9.17) is 9.47 Å². The molecule has 8 heteroatoms. The standard InChI is InChI=1S/C19H22F3NO3S/c1-4-25-18(24)15-11-27-17(23-15)10-13-9-14(19(20,21)22)5-6-16(13)26-8-7-12(2)3/h5-6,9,11-12H,4,7-8,10H2,1-3H3. The number of rotatable bonds is 8. The van der Waals surface area contributed by atoms with Crippen molar-refractivity contribution >= 4 is 17.3 Å². The molecule has 0 atom stereocenters. The Morgan fingerprint density at radius 2 is 2.04 bits per heavy atom. The average molecular weight is 401 g/mol. The van der Waals surface area contributed by atoms with E-state index in [0.717, 1.165) is 18.6 Å². The molecule has 0 unspecified atom stereocenters. The van der Waals surface area contributed by atoms with Crippen LogP contribution in [0.15, 0.2) is 23.6 Å². The first-order chi connectivity index (χ1) is 12.7. The van der Waals surface area contributed by atoms with Crippen LogP contribution in [-0.4, -0.2) is 24.2 Å². The Bertz CT molecular complexity index is 772. The molecule has 0 radical (unpaired) electrons. The van der Waals surface area contributed by atoms with Crippen molar-refractivity contribution in [1.82, 2.24) is 4.98 Å². The summed E-state index contributed by atoms with van der Waals surface area (Å²) in [5, 5.41) is 2.06. The van der Waals surface area contributed by atoms with Crippen LogP contribution < -0.4 is 4.74 Å². The van der Waals surface area contributed by atoms with Crippen molar-refractivity contribution in [1.29, 1.82) is 0 Å². The van der Waals surface area contributed by atoms with E-state index in [1.165, 1.54) is 17.4 Å². The van der Waals surface area contributed by atoms with Gasteiger partial charge < -0.3 is 9.47 Å². The van der Waals surface area contributed by atoms with Gasteiger partial charge in [0.05, 0.1) is 23.8 Å². The fourth-order valence-electron chi connectivity index (χ4n) is 2.29. The highest BCUT2D eigenvalue weighted by Gasteiger charge is 2.31. The fraction of sp³-hybridized carbons (Fsp3) is 0.474. The summed E-state index contributed by atoms with van der Waals surface area (Å²) >= 11 is 1.20. The first-order valence-electron chi connectivity index (χ1n) is 8.65. The van der Waals surface area contributed by atoms with E-state index in [1.807, 2.05) is 13.8 Å². The second-order valence-electron chi connectivity index (χ2n) is 6.37. The molecule has 27 heavy (non-hydrogen) atoms. The first kappa shape index (κ1) is 21.2. The molecule has 0 saturated heterocycles. The van der Waals surface area contributed by atoms with E-state index >= 15 is 0 Å². The minimum atomic E-state index is -4.44. The number of aromatic nitrogens is 1. The molecule has 1 aromatic carbocycles. The maximum Gasteiger partial charge on any atom is 0.416 e. The number of alkyl halides is 3. The van der Waals surface area contributed by atoms with Crippen molar-refractivity contribution in [2.24, 2.45) is 5.92 Å². The molecule has 0 spiro atoms. The minimum absolute atomic E-state index is 0.144. The molecule has 0 bridgehead atoms. The van der Waals surface area contributed by atoms with Gasteiger partial charge in [-0.25, -0.2) is 9.78 Å². The van der Waals surface area contributed by atoms with Crippen LogP contribution in [0.3, 0.4) is 0 Å². The van der Waals surface area contributed by atoms with Gasteiger partial charge in [-0.3, -0.25) is 0 Å². The number of hydrogen-bond donors (Lipinski definition) is 0. The number of halogens is 3. The highest BCUT2D eigenvalue weighted by molar-refractivity contribution is 7.09. The van der Waals surface area contributed by atoms with Crippen LogP contribution in [0.25, 0.3) is 0 Å². The lowest BCUT2D eigenvalue weighted by Crippen LogP contribution is -2.09. The normalized spacial score (nSPS) is 11.7. The van der Waals surface area contributed by atoms with Gasteiger partial charge >= 0.3 is 12.1 Å². The van der Waals surface area contributed by atoms with E-state index < -0.39 is 17.7 Å². The molecule has 0 aliphatic rings. The molecule has 0 fully saturated rings. The number of carbonyl (C=O) groups excluding carboxylic acids is 1. The van der Waals surface area contributed by atoms with Gasteiger partial charge in [0.2, 0.25) is 0 Å². The van der Waals surface area contributed by atoms with E-state index in [9.17, 15) is 18.0 Å². The molecule has 4 nitrogen and oxygen atoms in total. The summed E-state index contributed by atoms with van der Waals surface area (Å²) in [7, 11) is 0. The lowest BCUT2D eigenvalue weighted by Gasteiger charge is -2.15. The van der Waals surface area contributed by atoms with E-state index in [0.29, 0.717) is 28.8 Å². The Kier molecular flexibility index (Phi) is 7.24. The van der Waals surface area contributed by atoms with E-state index in [-0.39, 0.29) is 18.7 Å². The van der Waals surface area contributed by atoms with Crippen molar-refractivity contribution in [3.05, 3.63) is 45.4 Å². The molecule has 2 aromatic rings. The van der Waals surface area contributed by atoms with Crippen LogP contribution in [0.1, 0.15) is 53.8 Å². The molecule has 148 valence electrons. The Morgan fingerprint density at radius 3 is 2.67 bits per heavy atom. The van der Waals surface area contributed by atoms with Crippen LogP contribution in [-0.2, 0) is 17.3 Å². The maximum atomic E-state index is 13.1. The van der Waals surface area contributed by atoms with Crippen LogP contribution in [0, 0.1) is 5.92 Å². The molecular formula is C19H22F3NO3S. The quantitative estimate of drug-likeness (QED) is 0.559. The summed E-state index contributed by atoms with van der Waals surface area (Å²) < 4.78 is 49.8. The largest absolute Gasteiger partial charge is 0.493 e. The predicted molar refractivity (Wildman–Crippen MR) is 97.3 cm³/mol. The predicted octanol–water partition coefficient (Wildman–Crippen LogP) is 5.35. The van der Waals surface area contributed by atoms with Crippen molar-refractivity contribution in [3.8, 4) is 5.75 Å². The topological polar surface area (TPSA) is 48.4 Å². The SMILES string of the molecule is CCOC(=O)c1csc(Cc2cc(C(F)(F)F)ccc2OCCC(C)C)n1.